The highest BCUT2D eigenvalue weighted by Crippen LogP contribution is 2.39. The second-order valence-corrected chi connectivity index (χ2v) is 9.71. The highest BCUT2D eigenvalue weighted by atomic mass is 19.2. The van der Waals surface area contributed by atoms with Gasteiger partial charge in [-0.05, 0) is 91.8 Å². The van der Waals surface area contributed by atoms with Crippen LogP contribution < -0.4 is 9.47 Å². The van der Waals surface area contributed by atoms with Gasteiger partial charge in [0.1, 0.15) is 5.82 Å². The average Bonchev–Trinajstić information content (AvgIpc) is 2.90. The van der Waals surface area contributed by atoms with Crippen LogP contribution in [-0.4, -0.2) is 13.2 Å². The van der Waals surface area contributed by atoms with Crippen LogP contribution in [0.5, 0.6) is 11.5 Å². The smallest absolute Gasteiger partial charge is 0.201 e. The summed E-state index contributed by atoms with van der Waals surface area (Å²) in [6.45, 7) is 4.02. The van der Waals surface area contributed by atoms with Gasteiger partial charge in [-0.1, -0.05) is 31.5 Å². The number of hydrogen-bond acceptors (Lipinski definition) is 2. The van der Waals surface area contributed by atoms with Gasteiger partial charge >= 0.3 is 0 Å². The number of halogens is 5. The van der Waals surface area contributed by atoms with E-state index in [1.54, 1.807) is 12.1 Å². The number of benzene rings is 3. The number of ether oxygens (including phenoxy) is 2. The summed E-state index contributed by atoms with van der Waals surface area (Å²) in [5, 5.41) is 0. The highest BCUT2D eigenvalue weighted by molar-refractivity contribution is 5.66. The number of aryl methyl sites for hydroxylation is 1. The maximum Gasteiger partial charge on any atom is 0.201 e. The summed E-state index contributed by atoms with van der Waals surface area (Å²) in [5.41, 5.74) is 0.994. The van der Waals surface area contributed by atoms with Crippen LogP contribution >= 0.6 is 0 Å². The molecule has 1 saturated carbocycles. The third kappa shape index (κ3) is 6.08. The first kappa shape index (κ1) is 27.0. The molecule has 2 nitrogen and oxygen atoms in total. The molecule has 198 valence electrons. The largest absolute Gasteiger partial charge is 0.490 e. The van der Waals surface area contributed by atoms with Gasteiger partial charge in [-0.25, -0.2) is 13.2 Å². The first-order valence-electron chi connectivity index (χ1n) is 12.8. The van der Waals surface area contributed by atoms with Gasteiger partial charge in [0.2, 0.25) is 11.6 Å². The lowest BCUT2D eigenvalue weighted by molar-refractivity contribution is 0.192. The van der Waals surface area contributed by atoms with Crippen molar-refractivity contribution in [3.05, 3.63) is 82.7 Å². The lowest BCUT2D eigenvalue weighted by atomic mass is 9.78. The molecule has 7 heteroatoms. The highest BCUT2D eigenvalue weighted by Gasteiger charge is 2.26. The molecule has 4 rings (SSSR count). The van der Waals surface area contributed by atoms with Gasteiger partial charge < -0.3 is 9.47 Å². The predicted molar refractivity (Wildman–Crippen MR) is 133 cm³/mol. The van der Waals surface area contributed by atoms with E-state index in [2.05, 4.69) is 0 Å². The van der Waals surface area contributed by atoms with Crippen LogP contribution in [0.3, 0.4) is 0 Å². The maximum atomic E-state index is 15.1. The number of unbranched alkanes of at least 4 members (excludes halogenated alkanes) is 1. The first-order chi connectivity index (χ1) is 17.8. The van der Waals surface area contributed by atoms with Crippen molar-refractivity contribution >= 4 is 0 Å². The Morgan fingerprint density at radius 3 is 2.14 bits per heavy atom. The molecule has 1 aliphatic rings. The Morgan fingerprint density at radius 1 is 0.757 bits per heavy atom. The Labute approximate surface area is 214 Å². The van der Waals surface area contributed by atoms with Gasteiger partial charge in [-0.2, -0.15) is 8.78 Å². The molecule has 0 aliphatic heterocycles. The van der Waals surface area contributed by atoms with Gasteiger partial charge in [0.05, 0.1) is 13.2 Å². The normalized spacial score (nSPS) is 17.6. The minimum atomic E-state index is -1.08. The number of rotatable bonds is 9. The van der Waals surface area contributed by atoms with Crippen molar-refractivity contribution in [3.8, 4) is 22.6 Å². The summed E-state index contributed by atoms with van der Waals surface area (Å²) < 4.78 is 82.9. The van der Waals surface area contributed by atoms with E-state index in [0.29, 0.717) is 25.0 Å². The van der Waals surface area contributed by atoms with E-state index in [-0.39, 0.29) is 46.6 Å². The quantitative estimate of drug-likeness (QED) is 0.208. The molecular weight excluding hydrogens is 487 g/mol. The zero-order chi connectivity index (χ0) is 26.5. The van der Waals surface area contributed by atoms with Crippen LogP contribution in [0.15, 0.2) is 42.5 Å². The fourth-order valence-electron chi connectivity index (χ4n) is 4.81. The SMILES string of the molecule is CCCCOc1ccc(-c2ccc(C3CCC(COc4ccc(C)c(F)c4F)CC3)c(F)c2)c(F)c1F. The van der Waals surface area contributed by atoms with Crippen molar-refractivity contribution < 1.29 is 31.4 Å². The Morgan fingerprint density at radius 2 is 1.43 bits per heavy atom. The second kappa shape index (κ2) is 12.0. The van der Waals surface area contributed by atoms with E-state index in [4.69, 9.17) is 9.47 Å². The Hall–Kier alpha value is -3.09. The Kier molecular flexibility index (Phi) is 8.72. The van der Waals surface area contributed by atoms with Crippen molar-refractivity contribution in [1.29, 1.82) is 0 Å². The van der Waals surface area contributed by atoms with Gasteiger partial charge in [0, 0.05) is 5.56 Å². The van der Waals surface area contributed by atoms with Gasteiger partial charge in [0.25, 0.3) is 0 Å². The van der Waals surface area contributed by atoms with Crippen molar-refractivity contribution in [2.45, 2.75) is 58.3 Å². The van der Waals surface area contributed by atoms with Crippen molar-refractivity contribution in [3.63, 3.8) is 0 Å². The van der Waals surface area contributed by atoms with E-state index >= 15 is 4.39 Å². The zero-order valence-corrected chi connectivity index (χ0v) is 21.1. The van der Waals surface area contributed by atoms with E-state index in [0.717, 1.165) is 25.7 Å². The summed E-state index contributed by atoms with van der Waals surface area (Å²) in [5.74, 6) is -4.60. The molecule has 0 N–H and O–H groups in total. The van der Waals surface area contributed by atoms with Crippen LogP contribution in [0.1, 0.15) is 62.5 Å². The summed E-state index contributed by atoms with van der Waals surface area (Å²) in [6.07, 6.45) is 4.53. The summed E-state index contributed by atoms with van der Waals surface area (Å²) in [6, 6.07) is 10.2. The lowest BCUT2D eigenvalue weighted by Crippen LogP contribution is -2.20. The first-order valence-corrected chi connectivity index (χ1v) is 12.8. The second-order valence-electron chi connectivity index (χ2n) is 9.71. The Bertz CT molecular complexity index is 1240. The molecule has 0 unspecified atom stereocenters. The number of hydrogen-bond donors (Lipinski definition) is 0. The molecule has 1 fully saturated rings. The van der Waals surface area contributed by atoms with E-state index in [1.165, 1.54) is 37.3 Å². The van der Waals surface area contributed by atoms with Crippen LogP contribution in [0.4, 0.5) is 22.0 Å². The maximum absolute atomic E-state index is 15.1. The van der Waals surface area contributed by atoms with Crippen LogP contribution in [0.25, 0.3) is 11.1 Å². The van der Waals surface area contributed by atoms with Gasteiger partial charge in [-0.3, -0.25) is 0 Å². The topological polar surface area (TPSA) is 18.5 Å². The molecule has 0 radical (unpaired) electrons. The average molecular weight is 519 g/mol. The van der Waals surface area contributed by atoms with Crippen molar-refractivity contribution in [2.24, 2.45) is 5.92 Å². The molecule has 0 amide bonds. The molecule has 0 aromatic heterocycles. The minimum absolute atomic E-state index is 0.0187. The lowest BCUT2D eigenvalue weighted by Gasteiger charge is -2.29. The fourth-order valence-corrected chi connectivity index (χ4v) is 4.81. The molecular formula is C30H31F5O2. The predicted octanol–water partition coefficient (Wildman–Crippen LogP) is 8.89. The minimum Gasteiger partial charge on any atom is -0.490 e. The zero-order valence-electron chi connectivity index (χ0n) is 21.1. The van der Waals surface area contributed by atoms with Gasteiger partial charge in [0.15, 0.2) is 23.1 Å². The van der Waals surface area contributed by atoms with E-state index in [9.17, 15) is 17.6 Å². The third-order valence-electron chi connectivity index (χ3n) is 7.11. The monoisotopic (exact) mass is 518 g/mol. The molecule has 0 atom stereocenters. The van der Waals surface area contributed by atoms with Crippen molar-refractivity contribution in [1.82, 2.24) is 0 Å². The standard InChI is InChI=1S/C30H31F5O2/c1-3-4-15-36-25-14-12-23(28(33)30(25)35)21-10-11-22(24(31)16-21)20-8-6-19(7-9-20)17-37-26-13-5-18(2)27(32)29(26)34/h5,10-14,16,19-20H,3-4,6-9,15,17H2,1-2H3. The van der Waals surface area contributed by atoms with Crippen LogP contribution in [0.2, 0.25) is 0 Å². The van der Waals surface area contributed by atoms with Crippen molar-refractivity contribution in [2.75, 3.05) is 13.2 Å². The van der Waals surface area contributed by atoms with Crippen LogP contribution in [-0.2, 0) is 0 Å². The van der Waals surface area contributed by atoms with Gasteiger partial charge in [-0.15, -0.1) is 0 Å². The Balaban J connectivity index is 1.37. The van der Waals surface area contributed by atoms with E-state index in [1.807, 2.05) is 6.92 Å². The van der Waals surface area contributed by atoms with E-state index < -0.39 is 29.1 Å². The molecule has 0 bridgehead atoms. The molecule has 0 spiro atoms. The summed E-state index contributed by atoms with van der Waals surface area (Å²) >= 11 is 0. The molecule has 0 saturated heterocycles. The molecule has 3 aromatic carbocycles. The molecule has 37 heavy (non-hydrogen) atoms. The summed E-state index contributed by atoms with van der Waals surface area (Å²) in [7, 11) is 0. The molecule has 1 aliphatic carbocycles. The van der Waals surface area contributed by atoms with Crippen LogP contribution in [0, 0.1) is 41.9 Å². The third-order valence-corrected chi connectivity index (χ3v) is 7.11. The fraction of sp³-hybridized carbons (Fsp3) is 0.400. The summed E-state index contributed by atoms with van der Waals surface area (Å²) in [4.78, 5) is 0. The molecule has 3 aromatic rings. The molecule has 0 heterocycles.